The monoisotopic (exact) mass is 188 g/mol. The van der Waals surface area contributed by atoms with E-state index in [4.69, 9.17) is 5.53 Å². The van der Waals surface area contributed by atoms with Crippen molar-refractivity contribution in [2.75, 3.05) is 0 Å². The summed E-state index contributed by atoms with van der Waals surface area (Å²) in [7, 11) is 0. The summed E-state index contributed by atoms with van der Waals surface area (Å²) in [5.74, 6) is -0.293. The second-order valence-electron chi connectivity index (χ2n) is 3.26. The van der Waals surface area contributed by atoms with Gasteiger partial charge in [-0.05, 0) is 34.6 Å². The number of carbonyl (C=O) groups is 1. The van der Waals surface area contributed by atoms with Crippen LogP contribution in [0.4, 0.5) is 0 Å². The smallest absolute Gasteiger partial charge is 0.222 e. The molecule has 2 rings (SSSR count). The van der Waals surface area contributed by atoms with Gasteiger partial charge >= 0.3 is 0 Å². The zero-order chi connectivity index (χ0) is 9.97. The van der Waals surface area contributed by atoms with Crippen LogP contribution in [0.1, 0.15) is 17.9 Å². The lowest BCUT2D eigenvalue weighted by molar-refractivity contribution is -0.119. The first-order chi connectivity index (χ1) is 6.83. The molecule has 1 aromatic heterocycles. The van der Waals surface area contributed by atoms with Crippen molar-refractivity contribution in [2.45, 2.75) is 12.3 Å². The molecule has 0 spiro atoms. The molecule has 70 valence electrons. The van der Waals surface area contributed by atoms with Gasteiger partial charge in [-0.3, -0.25) is 9.78 Å². The topological polar surface area (TPSA) is 78.7 Å². The molecule has 0 radical (unpaired) electrons. The van der Waals surface area contributed by atoms with E-state index in [0.717, 1.165) is 12.0 Å². The second-order valence-corrected chi connectivity index (χ2v) is 3.26. The van der Waals surface area contributed by atoms with Gasteiger partial charge in [-0.2, -0.15) is 0 Å². The molecule has 1 aromatic rings. The van der Waals surface area contributed by atoms with E-state index >= 15 is 0 Å². The first-order valence-electron chi connectivity index (χ1n) is 4.32. The third kappa shape index (κ3) is 1.58. The highest BCUT2D eigenvalue weighted by Gasteiger charge is 2.43. The number of rotatable bonds is 2. The van der Waals surface area contributed by atoms with Crippen molar-refractivity contribution in [1.29, 1.82) is 0 Å². The van der Waals surface area contributed by atoms with Crippen LogP contribution in [0.15, 0.2) is 29.6 Å². The molecule has 0 aromatic carbocycles. The molecule has 2 atom stereocenters. The molecule has 14 heavy (non-hydrogen) atoms. The summed E-state index contributed by atoms with van der Waals surface area (Å²) in [5.41, 5.74) is 9.14. The Morgan fingerprint density at radius 1 is 1.71 bits per heavy atom. The third-order valence-electron chi connectivity index (χ3n) is 2.36. The van der Waals surface area contributed by atoms with Gasteiger partial charge in [-0.25, -0.2) is 0 Å². The van der Waals surface area contributed by atoms with Crippen molar-refractivity contribution in [3.8, 4) is 0 Å². The van der Waals surface area contributed by atoms with E-state index in [1.807, 2.05) is 12.1 Å². The van der Waals surface area contributed by atoms with Gasteiger partial charge in [-0.15, -0.1) is 0 Å². The maximum atomic E-state index is 11.1. The summed E-state index contributed by atoms with van der Waals surface area (Å²) in [6.07, 6.45) is 4.20. The first-order valence-corrected chi connectivity index (χ1v) is 4.32. The van der Waals surface area contributed by atoms with E-state index in [2.05, 4.69) is 15.0 Å². The minimum absolute atomic E-state index is 0.130. The lowest BCUT2D eigenvalue weighted by atomic mass is 10.1. The number of hydrogen-bond donors (Lipinski definition) is 0. The molecule has 5 heteroatoms. The Morgan fingerprint density at radius 3 is 3.21 bits per heavy atom. The average Bonchev–Trinajstić information content (AvgIpc) is 2.99. The van der Waals surface area contributed by atoms with E-state index in [0.29, 0.717) is 0 Å². The Morgan fingerprint density at radius 2 is 2.57 bits per heavy atom. The number of pyridine rings is 1. The summed E-state index contributed by atoms with van der Waals surface area (Å²) in [6, 6.07) is 3.77. The summed E-state index contributed by atoms with van der Waals surface area (Å²) in [6.45, 7) is 0. The zero-order valence-electron chi connectivity index (χ0n) is 7.37. The maximum Gasteiger partial charge on any atom is 0.222 e. The summed E-state index contributed by atoms with van der Waals surface area (Å²) in [4.78, 5) is 17.6. The van der Waals surface area contributed by atoms with Crippen molar-refractivity contribution in [2.24, 2.45) is 11.0 Å². The van der Waals surface area contributed by atoms with Crippen LogP contribution < -0.4 is 0 Å². The number of azide groups is 1. The molecule has 0 N–H and O–H groups in total. The lowest BCUT2D eigenvalue weighted by Gasteiger charge is -1.95. The molecule has 1 saturated carbocycles. The van der Waals surface area contributed by atoms with Crippen LogP contribution in [-0.2, 0) is 4.79 Å². The average molecular weight is 188 g/mol. The maximum absolute atomic E-state index is 11.1. The van der Waals surface area contributed by atoms with Crippen LogP contribution in [0, 0.1) is 5.92 Å². The molecule has 0 aliphatic heterocycles. The number of nitrogens with zero attached hydrogens (tertiary/aromatic N) is 4. The highest BCUT2D eigenvalue weighted by molar-refractivity contribution is 5.83. The van der Waals surface area contributed by atoms with Crippen molar-refractivity contribution < 1.29 is 4.79 Å². The van der Waals surface area contributed by atoms with Crippen LogP contribution in [0.5, 0.6) is 0 Å². The highest BCUT2D eigenvalue weighted by atomic mass is 16.2. The number of hydrogen-bond acceptors (Lipinski definition) is 2. The quantitative estimate of drug-likeness (QED) is 0.404. The van der Waals surface area contributed by atoms with Crippen LogP contribution in [0.2, 0.25) is 0 Å². The van der Waals surface area contributed by atoms with Crippen LogP contribution in [-0.4, -0.2) is 10.9 Å². The molecular formula is C9H8N4O. The molecule has 0 unspecified atom stereocenters. The molecule has 1 aliphatic rings. The van der Waals surface area contributed by atoms with E-state index in [1.165, 1.54) is 0 Å². The van der Waals surface area contributed by atoms with Gasteiger partial charge in [0.2, 0.25) is 5.91 Å². The second kappa shape index (κ2) is 3.47. The van der Waals surface area contributed by atoms with Gasteiger partial charge < -0.3 is 0 Å². The van der Waals surface area contributed by atoms with Crippen LogP contribution in [0.25, 0.3) is 10.4 Å². The highest BCUT2D eigenvalue weighted by Crippen LogP contribution is 2.47. The van der Waals surface area contributed by atoms with E-state index in [1.54, 1.807) is 12.4 Å². The van der Waals surface area contributed by atoms with Gasteiger partial charge in [0.1, 0.15) is 0 Å². The number of carbonyl (C=O) groups excluding carboxylic acids is 1. The van der Waals surface area contributed by atoms with E-state index < -0.39 is 0 Å². The normalized spacial score (nSPS) is 23.7. The van der Waals surface area contributed by atoms with Crippen LogP contribution in [0.3, 0.4) is 0 Å². The summed E-state index contributed by atoms with van der Waals surface area (Å²) >= 11 is 0. The Hall–Kier alpha value is -1.87. The van der Waals surface area contributed by atoms with Crippen molar-refractivity contribution in [1.82, 2.24) is 4.98 Å². The SMILES string of the molecule is [N-]=[N+]=NC(=O)[C@H]1C[C@@H]1c1cccnc1. The van der Waals surface area contributed by atoms with Gasteiger partial charge in [0, 0.05) is 23.2 Å². The minimum atomic E-state index is -0.360. The first kappa shape index (κ1) is 8.72. The van der Waals surface area contributed by atoms with Gasteiger partial charge in [0.05, 0.1) is 0 Å². The van der Waals surface area contributed by atoms with Crippen molar-refractivity contribution >= 4 is 5.91 Å². The van der Waals surface area contributed by atoms with Crippen LogP contribution >= 0.6 is 0 Å². The molecule has 5 nitrogen and oxygen atoms in total. The fourth-order valence-electron chi connectivity index (χ4n) is 1.55. The number of aromatic nitrogens is 1. The van der Waals surface area contributed by atoms with Crippen molar-refractivity contribution in [3.05, 3.63) is 40.5 Å². The standard InChI is InChI=1S/C9H8N4O/c10-13-12-9(14)8-4-7(8)6-2-1-3-11-5-6/h1-3,5,7-8H,4H2/t7-,8+/m1/s1. The third-order valence-corrected chi connectivity index (χ3v) is 2.36. The van der Waals surface area contributed by atoms with Gasteiger partial charge in [0.25, 0.3) is 0 Å². The molecule has 1 fully saturated rings. The molecule has 0 saturated heterocycles. The molecular weight excluding hydrogens is 180 g/mol. The predicted molar refractivity (Wildman–Crippen MR) is 49.2 cm³/mol. The minimum Gasteiger partial charge on any atom is -0.292 e. The van der Waals surface area contributed by atoms with Crippen molar-refractivity contribution in [3.63, 3.8) is 0 Å². The van der Waals surface area contributed by atoms with E-state index in [9.17, 15) is 4.79 Å². The Labute approximate surface area is 80.4 Å². The van der Waals surface area contributed by atoms with Gasteiger partial charge in [0.15, 0.2) is 0 Å². The molecule has 1 aliphatic carbocycles. The van der Waals surface area contributed by atoms with E-state index in [-0.39, 0.29) is 17.7 Å². The Bertz CT molecular complexity index is 397. The fourth-order valence-corrected chi connectivity index (χ4v) is 1.55. The molecule has 1 heterocycles. The number of amides is 1. The fraction of sp³-hybridized carbons (Fsp3) is 0.333. The largest absolute Gasteiger partial charge is 0.292 e. The Kier molecular flexibility index (Phi) is 2.16. The molecule has 0 bridgehead atoms. The summed E-state index contributed by atoms with van der Waals surface area (Å²) < 4.78 is 0. The van der Waals surface area contributed by atoms with Gasteiger partial charge in [-0.1, -0.05) is 6.07 Å². The Balaban J connectivity index is 2.07. The summed E-state index contributed by atoms with van der Waals surface area (Å²) in [5, 5.41) is 3.08. The lowest BCUT2D eigenvalue weighted by Crippen LogP contribution is -1.96. The predicted octanol–water partition coefficient (Wildman–Crippen LogP) is 2.02. The zero-order valence-corrected chi connectivity index (χ0v) is 7.37. The molecule has 1 amide bonds.